The Labute approximate surface area is 155 Å². The first-order chi connectivity index (χ1) is 12.3. The minimum Gasteiger partial charge on any atom is -0.334 e. The van der Waals surface area contributed by atoms with Crippen LogP contribution in [0.2, 0.25) is 0 Å². The fourth-order valence-corrected chi connectivity index (χ4v) is 6.66. The van der Waals surface area contributed by atoms with E-state index in [9.17, 15) is 4.79 Å². The Bertz CT molecular complexity index is 724. The summed E-state index contributed by atoms with van der Waals surface area (Å²) in [5.74, 6) is 3.23. The van der Waals surface area contributed by atoms with Crippen molar-refractivity contribution in [1.82, 2.24) is 25.2 Å². The van der Waals surface area contributed by atoms with Crippen LogP contribution in [-0.4, -0.2) is 48.6 Å². The van der Waals surface area contributed by atoms with Crippen LogP contribution in [0, 0.1) is 0 Å². The molecule has 132 valence electrons. The van der Waals surface area contributed by atoms with Crippen LogP contribution in [-0.2, 0) is 6.54 Å². The standard InChI is InChI=1S/C17H21N5OS2/c23-17(21-13-1-2-14-16(13)25-8-7-24-14)20-10-12-3-4-19-15(9-12)22-6-5-18-11-22/h3-6,9,11,13-14,16H,1-2,7-8,10H2,(H2,20,21,23). The molecule has 8 heteroatoms. The number of thioether (sulfide) groups is 2. The Morgan fingerprint density at radius 1 is 1.28 bits per heavy atom. The van der Waals surface area contributed by atoms with E-state index in [0.29, 0.717) is 23.1 Å². The number of carbonyl (C=O) groups excluding carboxylic acids is 1. The van der Waals surface area contributed by atoms with Crippen LogP contribution in [0.15, 0.2) is 37.1 Å². The zero-order valence-corrected chi connectivity index (χ0v) is 15.4. The van der Waals surface area contributed by atoms with E-state index < -0.39 is 0 Å². The lowest BCUT2D eigenvalue weighted by atomic mass is 10.2. The van der Waals surface area contributed by atoms with Crippen LogP contribution in [0.4, 0.5) is 4.79 Å². The second kappa shape index (κ2) is 7.70. The number of pyridine rings is 1. The van der Waals surface area contributed by atoms with Crippen LogP contribution in [0.25, 0.3) is 5.82 Å². The third-order valence-electron chi connectivity index (χ3n) is 4.60. The van der Waals surface area contributed by atoms with Gasteiger partial charge in [-0.05, 0) is 30.5 Å². The molecule has 0 spiro atoms. The number of amides is 2. The second-order valence-corrected chi connectivity index (χ2v) is 8.88. The topological polar surface area (TPSA) is 71.8 Å². The normalized spacial score (nSPS) is 25.4. The Balaban J connectivity index is 1.31. The molecule has 3 atom stereocenters. The van der Waals surface area contributed by atoms with E-state index in [0.717, 1.165) is 17.8 Å². The molecule has 0 aromatic carbocycles. The molecule has 3 unspecified atom stereocenters. The molecule has 4 rings (SSSR count). The number of fused-ring (bicyclic) bond motifs is 1. The van der Waals surface area contributed by atoms with Crippen molar-refractivity contribution >= 4 is 29.6 Å². The maximum atomic E-state index is 12.3. The molecule has 6 nitrogen and oxygen atoms in total. The third-order valence-corrected chi connectivity index (χ3v) is 7.91. The van der Waals surface area contributed by atoms with E-state index in [4.69, 9.17) is 0 Å². The van der Waals surface area contributed by atoms with Crippen LogP contribution in [0.3, 0.4) is 0 Å². The summed E-state index contributed by atoms with van der Waals surface area (Å²) in [5, 5.41) is 7.43. The highest BCUT2D eigenvalue weighted by molar-refractivity contribution is 8.07. The third kappa shape index (κ3) is 3.95. The Kier molecular flexibility index (Phi) is 5.17. The molecule has 2 aromatic rings. The predicted octanol–water partition coefficient (Wildman–Crippen LogP) is 2.45. The number of urea groups is 1. The predicted molar refractivity (Wildman–Crippen MR) is 102 cm³/mol. The Hall–Kier alpha value is -1.67. The van der Waals surface area contributed by atoms with Crippen molar-refractivity contribution in [2.75, 3.05) is 11.5 Å². The minimum atomic E-state index is -0.0807. The van der Waals surface area contributed by atoms with Gasteiger partial charge in [-0.25, -0.2) is 14.8 Å². The molecule has 2 amide bonds. The van der Waals surface area contributed by atoms with Gasteiger partial charge in [-0.15, -0.1) is 0 Å². The zero-order valence-electron chi connectivity index (χ0n) is 13.8. The van der Waals surface area contributed by atoms with Gasteiger partial charge in [-0.3, -0.25) is 4.57 Å². The lowest BCUT2D eigenvalue weighted by Gasteiger charge is -2.28. The van der Waals surface area contributed by atoms with E-state index in [2.05, 4.69) is 32.4 Å². The summed E-state index contributed by atoms with van der Waals surface area (Å²) in [6, 6.07) is 4.09. The summed E-state index contributed by atoms with van der Waals surface area (Å²) in [6.07, 6.45) is 9.33. The number of carbonyl (C=O) groups is 1. The van der Waals surface area contributed by atoms with Crippen molar-refractivity contribution in [3.05, 3.63) is 42.6 Å². The highest BCUT2D eigenvalue weighted by atomic mass is 32.2. The summed E-state index contributed by atoms with van der Waals surface area (Å²) in [6.45, 7) is 0.485. The van der Waals surface area contributed by atoms with Crippen molar-refractivity contribution in [3.63, 3.8) is 0 Å². The quantitative estimate of drug-likeness (QED) is 0.859. The maximum absolute atomic E-state index is 12.3. The van der Waals surface area contributed by atoms with Crippen LogP contribution < -0.4 is 10.6 Å². The number of rotatable bonds is 4. The van der Waals surface area contributed by atoms with Gasteiger partial charge in [0.2, 0.25) is 0 Å². The fourth-order valence-electron chi connectivity index (χ4n) is 3.38. The molecule has 0 bridgehead atoms. The van der Waals surface area contributed by atoms with Gasteiger partial charge in [0.1, 0.15) is 12.1 Å². The molecule has 1 saturated heterocycles. The molecule has 25 heavy (non-hydrogen) atoms. The van der Waals surface area contributed by atoms with Crippen molar-refractivity contribution < 1.29 is 4.79 Å². The highest BCUT2D eigenvalue weighted by Gasteiger charge is 2.39. The van der Waals surface area contributed by atoms with Gasteiger partial charge in [0, 0.05) is 53.2 Å². The average Bonchev–Trinajstić information content (AvgIpc) is 3.31. The molecular formula is C17H21N5OS2. The molecular weight excluding hydrogens is 354 g/mol. The summed E-state index contributed by atoms with van der Waals surface area (Å²) in [7, 11) is 0. The smallest absolute Gasteiger partial charge is 0.315 e. The SMILES string of the molecule is O=C(NCc1ccnc(-n2ccnc2)c1)NC1CCC2SCCSC12. The molecule has 1 saturated carbocycles. The van der Waals surface area contributed by atoms with Gasteiger partial charge in [0.05, 0.1) is 0 Å². The monoisotopic (exact) mass is 375 g/mol. The van der Waals surface area contributed by atoms with Gasteiger partial charge in [-0.1, -0.05) is 0 Å². The van der Waals surface area contributed by atoms with E-state index in [1.807, 2.05) is 34.7 Å². The van der Waals surface area contributed by atoms with Gasteiger partial charge in [-0.2, -0.15) is 23.5 Å². The molecule has 2 aromatic heterocycles. The number of aromatic nitrogens is 3. The summed E-state index contributed by atoms with van der Waals surface area (Å²) < 4.78 is 1.85. The van der Waals surface area contributed by atoms with Crippen molar-refractivity contribution in [2.24, 2.45) is 0 Å². The zero-order chi connectivity index (χ0) is 17.1. The first kappa shape index (κ1) is 16.8. The van der Waals surface area contributed by atoms with E-state index in [1.54, 1.807) is 18.7 Å². The van der Waals surface area contributed by atoms with Gasteiger partial charge < -0.3 is 10.6 Å². The molecule has 1 aliphatic heterocycles. The molecule has 1 aliphatic carbocycles. The van der Waals surface area contributed by atoms with Crippen LogP contribution in [0.5, 0.6) is 0 Å². The number of hydrogen-bond acceptors (Lipinski definition) is 5. The van der Waals surface area contributed by atoms with E-state index in [1.165, 1.54) is 17.9 Å². The molecule has 2 N–H and O–H groups in total. The van der Waals surface area contributed by atoms with Crippen molar-refractivity contribution in [1.29, 1.82) is 0 Å². The summed E-state index contributed by atoms with van der Waals surface area (Å²) >= 11 is 4.09. The Morgan fingerprint density at radius 3 is 3.08 bits per heavy atom. The number of nitrogens with zero attached hydrogens (tertiary/aromatic N) is 3. The van der Waals surface area contributed by atoms with Crippen molar-refractivity contribution in [2.45, 2.75) is 35.9 Å². The molecule has 3 heterocycles. The second-order valence-electron chi connectivity index (χ2n) is 6.25. The average molecular weight is 376 g/mol. The lowest BCUT2D eigenvalue weighted by molar-refractivity contribution is 0.237. The van der Waals surface area contributed by atoms with Gasteiger partial charge >= 0.3 is 6.03 Å². The largest absolute Gasteiger partial charge is 0.334 e. The van der Waals surface area contributed by atoms with Gasteiger partial charge in [0.25, 0.3) is 0 Å². The van der Waals surface area contributed by atoms with Crippen LogP contribution in [0.1, 0.15) is 18.4 Å². The van der Waals surface area contributed by atoms with Crippen LogP contribution >= 0.6 is 23.5 Å². The number of hydrogen-bond donors (Lipinski definition) is 2. The summed E-state index contributed by atoms with van der Waals surface area (Å²) in [4.78, 5) is 20.7. The molecule has 2 fully saturated rings. The maximum Gasteiger partial charge on any atom is 0.315 e. The number of imidazole rings is 1. The van der Waals surface area contributed by atoms with E-state index >= 15 is 0 Å². The fraction of sp³-hybridized carbons (Fsp3) is 0.471. The van der Waals surface area contributed by atoms with Gasteiger partial charge in [0.15, 0.2) is 0 Å². The minimum absolute atomic E-state index is 0.0807. The molecule has 0 radical (unpaired) electrons. The highest BCUT2D eigenvalue weighted by Crippen LogP contribution is 2.41. The van der Waals surface area contributed by atoms with Crippen molar-refractivity contribution in [3.8, 4) is 5.82 Å². The first-order valence-electron chi connectivity index (χ1n) is 8.50. The Morgan fingerprint density at radius 2 is 2.20 bits per heavy atom. The summed E-state index contributed by atoms with van der Waals surface area (Å²) in [5.41, 5.74) is 1.01. The first-order valence-corrected chi connectivity index (χ1v) is 10.6. The van der Waals surface area contributed by atoms with E-state index in [-0.39, 0.29) is 6.03 Å². The lowest BCUT2D eigenvalue weighted by Crippen LogP contribution is -2.46. The number of nitrogens with one attached hydrogen (secondary N) is 2. The molecule has 2 aliphatic rings.